The molecule has 1 fully saturated rings. The van der Waals surface area contributed by atoms with Gasteiger partial charge in [0.1, 0.15) is 5.82 Å². The van der Waals surface area contributed by atoms with Crippen LogP contribution in [0, 0.1) is 11.7 Å². The fraction of sp³-hybridized carbons (Fsp3) is 0.600. The molecule has 2 atom stereocenters. The molecule has 1 aliphatic heterocycles. The van der Waals surface area contributed by atoms with E-state index >= 15 is 0 Å². The summed E-state index contributed by atoms with van der Waals surface area (Å²) < 4.78 is 14.0. The summed E-state index contributed by atoms with van der Waals surface area (Å²) in [5.41, 5.74) is 0.728. The zero-order valence-electron chi connectivity index (χ0n) is 12.1. The Bertz CT molecular complexity index is 410. The molecule has 1 heterocycles. The van der Waals surface area contributed by atoms with Crippen molar-refractivity contribution in [2.75, 3.05) is 45.2 Å². The fourth-order valence-corrected chi connectivity index (χ4v) is 2.90. The van der Waals surface area contributed by atoms with Crippen LogP contribution in [0.5, 0.6) is 0 Å². The second-order valence-electron chi connectivity index (χ2n) is 5.61. The number of para-hydroxylation sites is 1. The highest BCUT2D eigenvalue weighted by molar-refractivity contribution is 5.48. The SMILES string of the molecule is CNCC1CN(c2ccccc2F)CC(C)CN1C. The van der Waals surface area contributed by atoms with Crippen molar-refractivity contribution in [3.63, 3.8) is 0 Å². The van der Waals surface area contributed by atoms with E-state index in [-0.39, 0.29) is 5.82 Å². The third kappa shape index (κ3) is 3.45. The maximum Gasteiger partial charge on any atom is 0.146 e. The lowest BCUT2D eigenvalue weighted by atomic mass is 10.1. The first-order valence-corrected chi connectivity index (χ1v) is 6.96. The van der Waals surface area contributed by atoms with Gasteiger partial charge in [0, 0.05) is 32.2 Å². The molecule has 4 heteroatoms. The molecule has 0 saturated carbocycles. The average Bonchev–Trinajstić information content (AvgIpc) is 2.50. The second-order valence-corrected chi connectivity index (χ2v) is 5.61. The van der Waals surface area contributed by atoms with Gasteiger partial charge in [0.2, 0.25) is 0 Å². The number of nitrogens with one attached hydrogen (secondary N) is 1. The first-order valence-electron chi connectivity index (χ1n) is 6.96. The van der Waals surface area contributed by atoms with E-state index in [0.717, 1.165) is 31.9 Å². The Morgan fingerprint density at radius 3 is 2.68 bits per heavy atom. The summed E-state index contributed by atoms with van der Waals surface area (Å²) in [4.78, 5) is 4.56. The molecule has 0 radical (unpaired) electrons. The molecule has 0 amide bonds. The van der Waals surface area contributed by atoms with Crippen LogP contribution < -0.4 is 10.2 Å². The molecule has 19 heavy (non-hydrogen) atoms. The third-order valence-electron chi connectivity index (χ3n) is 3.82. The molecule has 3 nitrogen and oxygen atoms in total. The Hall–Kier alpha value is -1.13. The molecule has 0 aliphatic carbocycles. The largest absolute Gasteiger partial charge is 0.367 e. The number of rotatable bonds is 3. The van der Waals surface area contributed by atoms with Crippen molar-refractivity contribution >= 4 is 5.69 Å². The minimum atomic E-state index is -0.123. The first kappa shape index (κ1) is 14.3. The lowest BCUT2D eigenvalue weighted by molar-refractivity contribution is 0.236. The normalized spacial score (nSPS) is 25.4. The third-order valence-corrected chi connectivity index (χ3v) is 3.82. The van der Waals surface area contributed by atoms with Gasteiger partial charge in [-0.05, 0) is 32.1 Å². The van der Waals surface area contributed by atoms with E-state index in [4.69, 9.17) is 0 Å². The standard InChI is InChI=1S/C15H24FN3/c1-12-9-18(3)13(8-17-2)11-19(10-12)15-7-5-4-6-14(15)16/h4-7,12-13,17H,8-11H2,1-3H3. The highest BCUT2D eigenvalue weighted by atomic mass is 19.1. The number of likely N-dealkylation sites (N-methyl/N-ethyl adjacent to an activating group) is 2. The average molecular weight is 265 g/mol. The van der Waals surface area contributed by atoms with Gasteiger partial charge in [-0.2, -0.15) is 0 Å². The summed E-state index contributed by atoms with van der Waals surface area (Å²) in [5.74, 6) is 0.411. The van der Waals surface area contributed by atoms with Crippen LogP contribution in [-0.4, -0.2) is 51.2 Å². The highest BCUT2D eigenvalue weighted by Gasteiger charge is 2.26. The van der Waals surface area contributed by atoms with Crippen molar-refractivity contribution < 1.29 is 4.39 Å². The summed E-state index contributed by atoms with van der Waals surface area (Å²) in [6.07, 6.45) is 0. The van der Waals surface area contributed by atoms with Gasteiger partial charge in [-0.1, -0.05) is 19.1 Å². The van der Waals surface area contributed by atoms with Gasteiger partial charge in [-0.3, -0.25) is 0 Å². The molecule has 106 valence electrons. The number of anilines is 1. The molecule has 1 saturated heterocycles. The van der Waals surface area contributed by atoms with Crippen molar-refractivity contribution in [2.45, 2.75) is 13.0 Å². The summed E-state index contributed by atoms with van der Waals surface area (Å²) >= 11 is 0. The summed E-state index contributed by atoms with van der Waals surface area (Å²) in [6, 6.07) is 7.49. The molecule has 0 spiro atoms. The van der Waals surface area contributed by atoms with E-state index in [1.165, 1.54) is 0 Å². The first-order chi connectivity index (χ1) is 9.11. The van der Waals surface area contributed by atoms with Gasteiger partial charge in [0.15, 0.2) is 0 Å². The fourth-order valence-electron chi connectivity index (χ4n) is 2.90. The Labute approximate surface area is 115 Å². The quantitative estimate of drug-likeness (QED) is 0.899. The number of hydrogen-bond donors (Lipinski definition) is 1. The number of halogens is 1. The van der Waals surface area contributed by atoms with Crippen LogP contribution in [0.1, 0.15) is 6.92 Å². The summed E-state index contributed by atoms with van der Waals surface area (Å²) in [7, 11) is 4.12. The molecule has 2 rings (SSSR count). The van der Waals surface area contributed by atoms with Crippen molar-refractivity contribution in [1.82, 2.24) is 10.2 Å². The second kappa shape index (κ2) is 6.35. The number of nitrogens with zero attached hydrogens (tertiary/aromatic N) is 2. The van der Waals surface area contributed by atoms with Crippen molar-refractivity contribution in [1.29, 1.82) is 0 Å². The predicted octanol–water partition coefficient (Wildman–Crippen LogP) is 1.80. The number of hydrogen-bond acceptors (Lipinski definition) is 3. The smallest absolute Gasteiger partial charge is 0.146 e. The van der Waals surface area contributed by atoms with Crippen molar-refractivity contribution in [3.05, 3.63) is 30.1 Å². The van der Waals surface area contributed by atoms with E-state index in [1.807, 2.05) is 19.2 Å². The zero-order valence-corrected chi connectivity index (χ0v) is 12.1. The Morgan fingerprint density at radius 2 is 2.00 bits per heavy atom. The van der Waals surface area contributed by atoms with Gasteiger partial charge in [-0.25, -0.2) is 4.39 Å². The molecule has 2 unspecified atom stereocenters. The molecule has 1 aliphatic rings. The van der Waals surface area contributed by atoms with Gasteiger partial charge in [-0.15, -0.1) is 0 Å². The topological polar surface area (TPSA) is 18.5 Å². The maximum atomic E-state index is 14.0. The van der Waals surface area contributed by atoms with E-state index in [2.05, 4.69) is 29.1 Å². The van der Waals surface area contributed by atoms with E-state index in [9.17, 15) is 4.39 Å². The maximum absolute atomic E-state index is 14.0. The van der Waals surface area contributed by atoms with E-state index in [0.29, 0.717) is 12.0 Å². The Kier molecular flexibility index (Phi) is 4.77. The van der Waals surface area contributed by atoms with Gasteiger partial charge in [0.05, 0.1) is 5.69 Å². The predicted molar refractivity (Wildman–Crippen MR) is 78.1 cm³/mol. The Balaban J connectivity index is 2.21. The van der Waals surface area contributed by atoms with Crippen molar-refractivity contribution in [3.8, 4) is 0 Å². The molecule has 0 bridgehead atoms. The van der Waals surface area contributed by atoms with E-state index in [1.54, 1.807) is 12.1 Å². The lowest BCUT2D eigenvalue weighted by Crippen LogP contribution is -2.45. The van der Waals surface area contributed by atoms with Crippen LogP contribution in [0.4, 0.5) is 10.1 Å². The van der Waals surface area contributed by atoms with Crippen LogP contribution in [0.25, 0.3) is 0 Å². The van der Waals surface area contributed by atoms with Crippen LogP contribution in [-0.2, 0) is 0 Å². The molecular weight excluding hydrogens is 241 g/mol. The molecule has 0 aromatic heterocycles. The van der Waals surface area contributed by atoms with E-state index < -0.39 is 0 Å². The number of benzene rings is 1. The van der Waals surface area contributed by atoms with Crippen LogP contribution in [0.15, 0.2) is 24.3 Å². The monoisotopic (exact) mass is 265 g/mol. The molecular formula is C15H24FN3. The van der Waals surface area contributed by atoms with Gasteiger partial charge in [0.25, 0.3) is 0 Å². The Morgan fingerprint density at radius 1 is 1.26 bits per heavy atom. The van der Waals surface area contributed by atoms with Crippen LogP contribution >= 0.6 is 0 Å². The molecule has 1 N–H and O–H groups in total. The van der Waals surface area contributed by atoms with Crippen LogP contribution in [0.3, 0.4) is 0 Å². The summed E-state index contributed by atoms with van der Waals surface area (Å²) in [6.45, 7) is 5.98. The highest BCUT2D eigenvalue weighted by Crippen LogP contribution is 2.23. The van der Waals surface area contributed by atoms with Crippen molar-refractivity contribution in [2.24, 2.45) is 5.92 Å². The minimum absolute atomic E-state index is 0.123. The zero-order chi connectivity index (χ0) is 13.8. The molecule has 1 aromatic carbocycles. The van der Waals surface area contributed by atoms with Crippen LogP contribution in [0.2, 0.25) is 0 Å². The minimum Gasteiger partial charge on any atom is -0.367 e. The van der Waals surface area contributed by atoms with Gasteiger partial charge < -0.3 is 15.1 Å². The van der Waals surface area contributed by atoms with Gasteiger partial charge >= 0.3 is 0 Å². The summed E-state index contributed by atoms with van der Waals surface area (Å²) in [5, 5.41) is 3.23. The molecule has 1 aromatic rings. The lowest BCUT2D eigenvalue weighted by Gasteiger charge is -2.30.